The van der Waals surface area contributed by atoms with Gasteiger partial charge >= 0.3 is 0 Å². The molecule has 1 unspecified atom stereocenters. The van der Waals surface area contributed by atoms with Gasteiger partial charge < -0.3 is 16.0 Å². The molecule has 1 atom stereocenters. The highest BCUT2D eigenvalue weighted by Gasteiger charge is 2.19. The largest absolute Gasteiger partial charge is 0.321 e. The average Bonchev–Trinajstić information content (AvgIpc) is 3.58. The van der Waals surface area contributed by atoms with Crippen molar-refractivity contribution in [1.82, 2.24) is 10.3 Å². The van der Waals surface area contributed by atoms with Crippen molar-refractivity contribution in [3.63, 3.8) is 0 Å². The molecular weight excluding hydrogens is 695 g/mol. The first kappa shape index (κ1) is 34.0. The van der Waals surface area contributed by atoms with E-state index in [1.54, 1.807) is 67.6 Å². The summed E-state index contributed by atoms with van der Waals surface area (Å²) in [5.74, 6) is -1.12. The normalized spacial score (nSPS) is 11.9. The highest BCUT2D eigenvalue weighted by atomic mass is 35.5. The van der Waals surface area contributed by atoms with Crippen LogP contribution < -0.4 is 16.0 Å². The molecule has 49 heavy (non-hydrogen) atoms. The molecule has 0 aliphatic carbocycles. The first-order valence-electron chi connectivity index (χ1n) is 15.1. The molecule has 6 aromatic rings. The van der Waals surface area contributed by atoms with E-state index in [9.17, 15) is 14.4 Å². The minimum Gasteiger partial charge on any atom is -0.321 e. The Bertz CT molecular complexity index is 2200. The summed E-state index contributed by atoms with van der Waals surface area (Å²) in [5, 5.41) is 13.3. The molecule has 3 amide bonds. The number of carbonyl (C=O) groups is 3. The number of amides is 3. The van der Waals surface area contributed by atoms with Crippen molar-refractivity contribution < 1.29 is 14.4 Å². The number of thiazole rings is 1. The van der Waals surface area contributed by atoms with Gasteiger partial charge in [0.1, 0.15) is 5.70 Å². The number of benzene rings is 5. The molecule has 1 heterocycles. The molecule has 0 spiro atoms. The van der Waals surface area contributed by atoms with Gasteiger partial charge in [-0.1, -0.05) is 96.0 Å². The molecule has 11 heteroatoms. The number of anilines is 2. The lowest BCUT2D eigenvalue weighted by molar-refractivity contribution is -0.115. The van der Waals surface area contributed by atoms with Gasteiger partial charge in [-0.15, -0.1) is 23.1 Å². The minimum atomic E-state index is -0.494. The zero-order valence-corrected chi connectivity index (χ0v) is 29.1. The van der Waals surface area contributed by atoms with E-state index in [0.717, 1.165) is 26.8 Å². The minimum absolute atomic E-state index is 0.0831. The summed E-state index contributed by atoms with van der Waals surface area (Å²) in [7, 11) is 0. The van der Waals surface area contributed by atoms with Crippen molar-refractivity contribution >= 4 is 91.7 Å². The molecule has 0 fully saturated rings. The average molecular weight is 724 g/mol. The molecule has 7 nitrogen and oxygen atoms in total. The Morgan fingerprint density at radius 2 is 1.57 bits per heavy atom. The second-order valence-corrected chi connectivity index (χ2v) is 13.9. The van der Waals surface area contributed by atoms with E-state index in [4.69, 9.17) is 23.2 Å². The molecule has 3 N–H and O–H groups in total. The summed E-state index contributed by atoms with van der Waals surface area (Å²) in [6, 6.07) is 34.8. The highest BCUT2D eigenvalue weighted by molar-refractivity contribution is 8.00. The second-order valence-electron chi connectivity index (χ2n) is 10.8. The van der Waals surface area contributed by atoms with E-state index < -0.39 is 17.1 Å². The van der Waals surface area contributed by atoms with E-state index in [1.165, 1.54) is 23.1 Å². The van der Waals surface area contributed by atoms with Gasteiger partial charge in [0, 0.05) is 27.1 Å². The molecule has 1 aromatic heterocycles. The predicted octanol–water partition coefficient (Wildman–Crippen LogP) is 9.80. The van der Waals surface area contributed by atoms with Gasteiger partial charge in [0.05, 0.1) is 21.0 Å². The Kier molecular flexibility index (Phi) is 10.8. The number of nitrogens with zero attached hydrogens (tertiary/aromatic N) is 1. The van der Waals surface area contributed by atoms with Crippen molar-refractivity contribution in [3.8, 4) is 11.3 Å². The van der Waals surface area contributed by atoms with Crippen LogP contribution in [0.5, 0.6) is 0 Å². The monoisotopic (exact) mass is 722 g/mol. The maximum absolute atomic E-state index is 13.7. The van der Waals surface area contributed by atoms with Crippen LogP contribution in [-0.4, -0.2) is 28.0 Å². The van der Waals surface area contributed by atoms with Crippen molar-refractivity contribution in [2.24, 2.45) is 0 Å². The van der Waals surface area contributed by atoms with Crippen molar-refractivity contribution in [3.05, 3.63) is 148 Å². The van der Waals surface area contributed by atoms with Crippen LogP contribution in [0, 0.1) is 0 Å². The summed E-state index contributed by atoms with van der Waals surface area (Å²) >= 11 is 14.8. The van der Waals surface area contributed by atoms with Crippen LogP contribution >= 0.6 is 46.3 Å². The summed E-state index contributed by atoms with van der Waals surface area (Å²) in [5.41, 5.74) is 3.27. The third kappa shape index (κ3) is 8.57. The number of nitrogens with one attached hydrogen (secondary N) is 3. The van der Waals surface area contributed by atoms with E-state index in [1.807, 2.05) is 66.0 Å². The van der Waals surface area contributed by atoms with Gasteiger partial charge in [-0.3, -0.25) is 14.4 Å². The topological polar surface area (TPSA) is 100 Å². The fourth-order valence-electron chi connectivity index (χ4n) is 4.90. The second kappa shape index (κ2) is 15.5. The Labute approximate surface area is 301 Å². The van der Waals surface area contributed by atoms with Gasteiger partial charge in [-0.05, 0) is 71.8 Å². The SMILES string of the molecule is CC(Sc1cccc(NC(=O)/C(=C\c2cccc3ccccc23)NC(=O)c2ccccc2)c1)C(=O)Nc1nc(-c2ccc(Cl)c(Cl)c2)cs1. The predicted molar refractivity (Wildman–Crippen MR) is 202 cm³/mol. The molecule has 0 aliphatic rings. The Balaban J connectivity index is 1.16. The molecular formula is C38H28Cl2N4O3S2. The molecule has 244 valence electrons. The third-order valence-electron chi connectivity index (χ3n) is 7.38. The maximum Gasteiger partial charge on any atom is 0.272 e. The highest BCUT2D eigenvalue weighted by Crippen LogP contribution is 2.32. The molecule has 0 radical (unpaired) electrons. The quantitative estimate of drug-likeness (QED) is 0.0966. The van der Waals surface area contributed by atoms with Crippen LogP contribution in [0.1, 0.15) is 22.8 Å². The Hall–Kier alpha value is -4.93. The zero-order valence-electron chi connectivity index (χ0n) is 25.9. The van der Waals surface area contributed by atoms with Crippen LogP contribution in [0.25, 0.3) is 28.1 Å². The molecule has 0 aliphatic heterocycles. The first-order valence-corrected chi connectivity index (χ1v) is 17.6. The van der Waals surface area contributed by atoms with Crippen LogP contribution in [0.15, 0.2) is 131 Å². The maximum atomic E-state index is 13.7. The lowest BCUT2D eigenvalue weighted by Crippen LogP contribution is -2.30. The van der Waals surface area contributed by atoms with Crippen molar-refractivity contribution in [1.29, 1.82) is 0 Å². The number of hydrogen-bond acceptors (Lipinski definition) is 6. The molecule has 0 bridgehead atoms. The number of carbonyl (C=O) groups excluding carboxylic acids is 3. The van der Waals surface area contributed by atoms with Crippen LogP contribution in [0.2, 0.25) is 10.0 Å². The number of halogens is 2. The number of aromatic nitrogens is 1. The molecule has 0 saturated carbocycles. The van der Waals surface area contributed by atoms with E-state index >= 15 is 0 Å². The summed E-state index contributed by atoms with van der Waals surface area (Å²) in [6.07, 6.45) is 1.68. The number of thioether (sulfide) groups is 1. The zero-order chi connectivity index (χ0) is 34.3. The molecule has 5 aromatic carbocycles. The summed E-state index contributed by atoms with van der Waals surface area (Å²) in [6.45, 7) is 1.79. The summed E-state index contributed by atoms with van der Waals surface area (Å²) in [4.78, 5) is 45.2. The standard InChI is InChI=1S/C38H28Cl2N4O3S2/c1-23(35(45)44-38-43-34(22-48-38)27-17-18-31(39)32(40)19-27)49-29-15-8-14-28(21-29)41-37(47)33(42-36(46)25-10-3-2-4-11-25)20-26-13-7-12-24-9-5-6-16-30(24)26/h2-23H,1H3,(H,41,47)(H,42,46)(H,43,44,45)/b33-20+. The third-order valence-corrected chi connectivity index (χ3v) is 9.97. The van der Waals surface area contributed by atoms with Gasteiger partial charge in [0.2, 0.25) is 5.91 Å². The van der Waals surface area contributed by atoms with Crippen LogP contribution in [-0.2, 0) is 9.59 Å². The number of fused-ring (bicyclic) bond motifs is 1. The smallest absolute Gasteiger partial charge is 0.272 e. The van der Waals surface area contributed by atoms with Gasteiger partial charge in [0.25, 0.3) is 11.8 Å². The van der Waals surface area contributed by atoms with Gasteiger partial charge in [-0.25, -0.2) is 4.98 Å². The molecule has 0 saturated heterocycles. The van der Waals surface area contributed by atoms with Crippen LogP contribution in [0.4, 0.5) is 10.8 Å². The number of rotatable bonds is 10. The van der Waals surface area contributed by atoms with E-state index in [2.05, 4.69) is 20.9 Å². The Morgan fingerprint density at radius 3 is 2.39 bits per heavy atom. The molecule has 6 rings (SSSR count). The van der Waals surface area contributed by atoms with Crippen molar-refractivity contribution in [2.45, 2.75) is 17.1 Å². The van der Waals surface area contributed by atoms with E-state index in [0.29, 0.717) is 32.1 Å². The fourth-order valence-corrected chi connectivity index (χ4v) is 6.85. The summed E-state index contributed by atoms with van der Waals surface area (Å²) < 4.78 is 0. The van der Waals surface area contributed by atoms with Crippen LogP contribution in [0.3, 0.4) is 0 Å². The van der Waals surface area contributed by atoms with Gasteiger partial charge in [0.15, 0.2) is 5.13 Å². The fraction of sp³-hybridized carbons (Fsp3) is 0.0526. The Morgan fingerprint density at radius 1 is 0.816 bits per heavy atom. The van der Waals surface area contributed by atoms with Crippen molar-refractivity contribution in [2.75, 3.05) is 10.6 Å². The van der Waals surface area contributed by atoms with Gasteiger partial charge in [-0.2, -0.15) is 0 Å². The first-order chi connectivity index (χ1) is 23.7. The number of hydrogen-bond donors (Lipinski definition) is 3. The lowest BCUT2D eigenvalue weighted by Gasteiger charge is -2.14. The van der Waals surface area contributed by atoms with E-state index in [-0.39, 0.29) is 11.6 Å². The lowest BCUT2D eigenvalue weighted by atomic mass is 10.0.